The van der Waals surface area contributed by atoms with E-state index in [1.165, 1.54) is 17.9 Å². The molecule has 1 aliphatic heterocycles. The third-order valence-corrected chi connectivity index (χ3v) is 5.46. The second-order valence-corrected chi connectivity index (χ2v) is 8.42. The summed E-state index contributed by atoms with van der Waals surface area (Å²) in [4.78, 5) is 36.3. The molecule has 3 aromatic rings. The van der Waals surface area contributed by atoms with Crippen molar-refractivity contribution in [2.45, 2.75) is 13.0 Å². The van der Waals surface area contributed by atoms with E-state index < -0.39 is 18.0 Å². The Labute approximate surface area is 201 Å². The van der Waals surface area contributed by atoms with Gasteiger partial charge in [-0.3, -0.25) is 14.1 Å². The maximum atomic E-state index is 15.1. The van der Waals surface area contributed by atoms with Crippen LogP contribution in [0, 0.1) is 5.82 Å². The van der Waals surface area contributed by atoms with Crippen LogP contribution < -0.4 is 10.2 Å². The third kappa shape index (κ3) is 5.75. The number of carbonyl (C=O) groups excluding carboxylic acids is 2. The summed E-state index contributed by atoms with van der Waals surface area (Å²) in [5.41, 5.74) is 2.77. The summed E-state index contributed by atoms with van der Waals surface area (Å²) in [7, 11) is 3.91. The second-order valence-electron chi connectivity index (χ2n) is 8.42. The molecule has 0 radical (unpaired) electrons. The highest BCUT2D eigenvalue weighted by Crippen LogP contribution is 2.29. The molecule has 0 saturated carbocycles. The van der Waals surface area contributed by atoms with Gasteiger partial charge >= 0.3 is 6.09 Å². The number of carbonyl (C=O) groups is 2. The fourth-order valence-corrected chi connectivity index (χ4v) is 3.63. The summed E-state index contributed by atoms with van der Waals surface area (Å²) in [6.07, 6.45) is 3.96. The van der Waals surface area contributed by atoms with Gasteiger partial charge in [-0.15, -0.1) is 0 Å². The van der Waals surface area contributed by atoms with Crippen LogP contribution >= 0.6 is 0 Å². The normalized spacial score (nSPS) is 15.9. The van der Waals surface area contributed by atoms with E-state index in [2.05, 4.69) is 15.5 Å². The van der Waals surface area contributed by atoms with Gasteiger partial charge in [-0.2, -0.15) is 0 Å². The molecule has 0 aliphatic carbocycles. The number of cyclic esters (lactones) is 1. The van der Waals surface area contributed by atoms with Gasteiger partial charge in [0.05, 0.1) is 36.9 Å². The number of rotatable bonds is 9. The number of hydrogen-bond donors (Lipinski definition) is 1. The highest BCUT2D eigenvalue weighted by atomic mass is 19.1. The quantitative estimate of drug-likeness (QED) is 0.286. The molecule has 3 heterocycles. The Morgan fingerprint density at radius 2 is 2.20 bits per heavy atom. The molecular weight excluding hydrogens is 455 g/mol. The van der Waals surface area contributed by atoms with Crippen LogP contribution in [0.15, 0.2) is 47.9 Å². The number of halogens is 1. The minimum absolute atomic E-state index is 0.206. The minimum Gasteiger partial charge on any atom is -0.442 e. The van der Waals surface area contributed by atoms with E-state index in [0.717, 1.165) is 12.2 Å². The monoisotopic (exact) mass is 482 g/mol. The Morgan fingerprint density at radius 1 is 1.37 bits per heavy atom. The van der Waals surface area contributed by atoms with Crippen LogP contribution in [0.5, 0.6) is 0 Å². The Balaban J connectivity index is 1.47. The first-order chi connectivity index (χ1) is 16.8. The average Bonchev–Trinajstić information content (AvgIpc) is 3.39. The molecule has 0 bridgehead atoms. The first-order valence-electron chi connectivity index (χ1n) is 11.1. The molecule has 1 fully saturated rings. The lowest BCUT2D eigenvalue weighted by atomic mass is 10.1. The average molecular weight is 483 g/mol. The predicted molar refractivity (Wildman–Crippen MR) is 129 cm³/mol. The zero-order valence-electron chi connectivity index (χ0n) is 19.8. The fourth-order valence-electron chi connectivity index (χ4n) is 3.63. The number of imidazole rings is 1. The largest absolute Gasteiger partial charge is 0.442 e. The molecule has 10 nitrogen and oxygen atoms in total. The molecule has 0 spiro atoms. The Kier molecular flexibility index (Phi) is 7.25. The second kappa shape index (κ2) is 10.5. The van der Waals surface area contributed by atoms with E-state index in [-0.39, 0.29) is 19.0 Å². The third-order valence-electron chi connectivity index (χ3n) is 5.46. The van der Waals surface area contributed by atoms with Gasteiger partial charge in [0.1, 0.15) is 24.2 Å². The lowest BCUT2D eigenvalue weighted by molar-refractivity contribution is -0.119. The van der Waals surface area contributed by atoms with E-state index in [1.807, 2.05) is 23.4 Å². The molecule has 2 aromatic heterocycles. The van der Waals surface area contributed by atoms with Crippen LogP contribution in [0.25, 0.3) is 16.8 Å². The van der Waals surface area contributed by atoms with Crippen molar-refractivity contribution >= 4 is 29.5 Å². The first kappa shape index (κ1) is 24.1. The van der Waals surface area contributed by atoms with Crippen molar-refractivity contribution in [3.63, 3.8) is 0 Å². The van der Waals surface area contributed by atoms with Crippen molar-refractivity contribution in [3.05, 3.63) is 54.2 Å². The van der Waals surface area contributed by atoms with Gasteiger partial charge in [-0.25, -0.2) is 14.2 Å². The number of fused-ring (bicyclic) bond motifs is 1. The van der Waals surface area contributed by atoms with Gasteiger partial charge in [0.25, 0.3) is 0 Å². The predicted octanol–water partition coefficient (Wildman–Crippen LogP) is 2.51. The molecule has 1 saturated heterocycles. The lowest BCUT2D eigenvalue weighted by Gasteiger charge is -2.14. The minimum atomic E-state index is -0.578. The number of oxime groups is 1. The number of nitrogens with one attached hydrogen (secondary N) is 1. The van der Waals surface area contributed by atoms with Crippen LogP contribution in [0.3, 0.4) is 0 Å². The summed E-state index contributed by atoms with van der Waals surface area (Å²) in [5.74, 6) is -0.690. The number of amides is 2. The molecular formula is C24H27FN6O4. The summed E-state index contributed by atoms with van der Waals surface area (Å²) in [5, 5.41) is 6.59. The van der Waals surface area contributed by atoms with Crippen molar-refractivity contribution in [1.82, 2.24) is 19.6 Å². The van der Waals surface area contributed by atoms with Gasteiger partial charge in [-0.05, 0) is 50.0 Å². The molecule has 1 N–H and O–H groups in total. The van der Waals surface area contributed by atoms with Crippen LogP contribution in [0.1, 0.15) is 12.6 Å². The van der Waals surface area contributed by atoms with Gasteiger partial charge in [-0.1, -0.05) is 5.16 Å². The fraction of sp³-hybridized carbons (Fsp3) is 0.333. The molecule has 4 rings (SSSR count). The van der Waals surface area contributed by atoms with Crippen LogP contribution in [-0.4, -0.2) is 78.9 Å². The Hall–Kier alpha value is -3.99. The summed E-state index contributed by atoms with van der Waals surface area (Å²) >= 11 is 0. The topological polar surface area (TPSA) is 101 Å². The zero-order chi connectivity index (χ0) is 24.9. The highest BCUT2D eigenvalue weighted by Gasteiger charge is 2.32. The molecule has 1 atom stereocenters. The summed E-state index contributed by atoms with van der Waals surface area (Å²) in [6, 6.07) is 8.14. The van der Waals surface area contributed by atoms with E-state index in [9.17, 15) is 9.59 Å². The number of hydrogen-bond acceptors (Lipinski definition) is 7. The number of likely N-dealkylation sites (N-methyl/N-ethyl adjacent to an activating group) is 1. The summed E-state index contributed by atoms with van der Waals surface area (Å²) < 4.78 is 22.1. The maximum absolute atomic E-state index is 15.1. The number of nitrogens with zero attached hydrogens (tertiary/aromatic N) is 5. The lowest BCUT2D eigenvalue weighted by Crippen LogP contribution is -2.33. The molecule has 1 aromatic carbocycles. The van der Waals surface area contributed by atoms with Gasteiger partial charge in [0.15, 0.2) is 0 Å². The highest BCUT2D eigenvalue weighted by molar-refractivity contribution is 5.90. The molecule has 11 heteroatoms. The number of benzene rings is 1. The van der Waals surface area contributed by atoms with Crippen LogP contribution in [-0.2, 0) is 14.4 Å². The molecule has 184 valence electrons. The van der Waals surface area contributed by atoms with E-state index >= 15 is 4.39 Å². The van der Waals surface area contributed by atoms with Gasteiger partial charge < -0.3 is 19.8 Å². The Bertz CT molecular complexity index is 1260. The van der Waals surface area contributed by atoms with E-state index in [1.54, 1.807) is 42.9 Å². The van der Waals surface area contributed by atoms with Crippen molar-refractivity contribution in [3.8, 4) is 11.1 Å². The van der Waals surface area contributed by atoms with Crippen molar-refractivity contribution in [2.75, 3.05) is 45.2 Å². The SMILES string of the molecule is CC(=O)NC[C@H]1CN(c2ccc(-c3ccn4c(C=NOCCN(C)C)cnc4c3)c(F)c2)C(=O)O1. The number of aromatic nitrogens is 2. The number of ether oxygens (including phenoxy) is 1. The molecule has 0 unspecified atom stereocenters. The smallest absolute Gasteiger partial charge is 0.414 e. The first-order valence-corrected chi connectivity index (χ1v) is 11.1. The van der Waals surface area contributed by atoms with E-state index in [0.29, 0.717) is 29.1 Å². The number of anilines is 1. The van der Waals surface area contributed by atoms with Crippen LogP contribution in [0.4, 0.5) is 14.9 Å². The van der Waals surface area contributed by atoms with Crippen molar-refractivity contribution in [1.29, 1.82) is 0 Å². The summed E-state index contributed by atoms with van der Waals surface area (Å²) in [6.45, 7) is 3.05. The van der Waals surface area contributed by atoms with Gasteiger partial charge in [0, 0.05) is 25.2 Å². The van der Waals surface area contributed by atoms with Gasteiger partial charge in [0.2, 0.25) is 5.91 Å². The number of pyridine rings is 1. The zero-order valence-corrected chi connectivity index (χ0v) is 19.8. The molecule has 2 amide bonds. The van der Waals surface area contributed by atoms with Crippen molar-refractivity contribution < 1.29 is 23.6 Å². The maximum Gasteiger partial charge on any atom is 0.414 e. The van der Waals surface area contributed by atoms with E-state index in [4.69, 9.17) is 9.57 Å². The molecule has 35 heavy (non-hydrogen) atoms. The van der Waals surface area contributed by atoms with Crippen LogP contribution in [0.2, 0.25) is 0 Å². The standard InChI is InChI=1S/C24H27FN6O4/c1-16(32)26-14-20-15-31(24(33)35-20)18-4-5-21(22(25)11-18)17-6-7-30-19(12-27-23(30)10-17)13-28-34-9-8-29(2)3/h4-7,10-13,20H,8-9,14-15H2,1-3H3,(H,26,32)/t20-/m0/s1. The Morgan fingerprint density at radius 3 is 2.94 bits per heavy atom. The van der Waals surface area contributed by atoms with Crippen molar-refractivity contribution in [2.24, 2.45) is 5.16 Å². The molecule has 1 aliphatic rings.